The molecule has 10 nitrogen and oxygen atoms in total. The maximum Gasteiger partial charge on any atom is 0.267 e. The first kappa shape index (κ1) is 21.4. The summed E-state index contributed by atoms with van der Waals surface area (Å²) in [5, 5.41) is 12.9. The lowest BCUT2D eigenvalue weighted by Crippen LogP contribution is -2.30. The lowest BCUT2D eigenvalue weighted by Gasteiger charge is -2.13. The summed E-state index contributed by atoms with van der Waals surface area (Å²) in [5.74, 6) is 0.431. The van der Waals surface area contributed by atoms with Crippen molar-refractivity contribution in [3.05, 3.63) is 82.5 Å². The molecule has 172 valence electrons. The lowest BCUT2D eigenvalue weighted by atomic mass is 10.1. The average molecular weight is 503 g/mol. The summed E-state index contributed by atoms with van der Waals surface area (Å²) >= 11 is 7.81. The van der Waals surface area contributed by atoms with Crippen molar-refractivity contribution in [3.8, 4) is 5.95 Å². The first-order valence-electron chi connectivity index (χ1n) is 10.5. The van der Waals surface area contributed by atoms with Crippen molar-refractivity contribution in [2.75, 3.05) is 4.90 Å². The van der Waals surface area contributed by atoms with E-state index in [0.29, 0.717) is 44.2 Å². The van der Waals surface area contributed by atoms with Crippen LogP contribution < -0.4 is 4.90 Å². The lowest BCUT2D eigenvalue weighted by molar-refractivity contribution is 0.0925. The van der Waals surface area contributed by atoms with Crippen LogP contribution in [0.2, 0.25) is 5.02 Å². The minimum Gasteiger partial charge on any atom is -0.268 e. The number of aryl methyl sites for hydroxylation is 1. The molecule has 0 fully saturated rings. The summed E-state index contributed by atoms with van der Waals surface area (Å²) in [7, 11) is 1.74. The van der Waals surface area contributed by atoms with Crippen LogP contribution in [0.3, 0.4) is 0 Å². The number of hydrogen-bond donors (Lipinski definition) is 0. The number of imide groups is 1. The fourth-order valence-electron chi connectivity index (χ4n) is 3.96. The number of tetrazole rings is 1. The van der Waals surface area contributed by atoms with E-state index < -0.39 is 0 Å². The van der Waals surface area contributed by atoms with E-state index in [0.717, 1.165) is 10.4 Å². The molecule has 0 saturated heterocycles. The van der Waals surface area contributed by atoms with Crippen LogP contribution >= 0.6 is 23.4 Å². The van der Waals surface area contributed by atoms with Crippen LogP contribution in [-0.2, 0) is 12.8 Å². The molecule has 2 amide bonds. The van der Waals surface area contributed by atoms with Crippen LogP contribution in [0.4, 0.5) is 5.82 Å². The zero-order chi connectivity index (χ0) is 24.1. The van der Waals surface area contributed by atoms with Gasteiger partial charge in [-0.3, -0.25) is 14.2 Å². The molecule has 0 spiro atoms. The molecule has 0 bridgehead atoms. The predicted octanol–water partition coefficient (Wildman–Crippen LogP) is 3.69. The summed E-state index contributed by atoms with van der Waals surface area (Å²) in [6.07, 6.45) is 0. The van der Waals surface area contributed by atoms with Gasteiger partial charge >= 0.3 is 0 Å². The number of para-hydroxylation sites is 1. The molecular formula is C23H15ClN8O2S. The molecule has 3 aromatic heterocycles. The molecule has 12 heteroatoms. The Morgan fingerprint density at radius 1 is 0.914 bits per heavy atom. The first-order valence-corrected chi connectivity index (χ1v) is 11.9. The quantitative estimate of drug-likeness (QED) is 0.264. The van der Waals surface area contributed by atoms with Crippen molar-refractivity contribution in [2.24, 2.45) is 7.05 Å². The standard InChI is InChI=1S/C23H15ClN8O2S/c1-30-22(27-28-29-30)31-17-10-5-9-16(24)19(17)26-23(31)35-12-13-6-4-11-18(25-13)32-20(33)14-7-2-3-8-15(14)21(32)34/h2-11H,12H2,1H3. The number of anilines is 1. The maximum atomic E-state index is 12.9. The fourth-order valence-corrected chi connectivity index (χ4v) is 5.07. The average Bonchev–Trinajstić information content (AvgIpc) is 3.52. The number of carbonyl (C=O) groups is 2. The molecular weight excluding hydrogens is 488 g/mol. The molecule has 0 unspecified atom stereocenters. The third-order valence-corrected chi connectivity index (χ3v) is 6.84. The van der Waals surface area contributed by atoms with Crippen LogP contribution in [0, 0.1) is 0 Å². The van der Waals surface area contributed by atoms with Crippen molar-refractivity contribution in [3.63, 3.8) is 0 Å². The Morgan fingerprint density at radius 2 is 1.66 bits per heavy atom. The van der Waals surface area contributed by atoms with E-state index in [9.17, 15) is 9.59 Å². The third-order valence-electron chi connectivity index (χ3n) is 5.57. The molecule has 1 aliphatic rings. The smallest absolute Gasteiger partial charge is 0.267 e. The van der Waals surface area contributed by atoms with Gasteiger partial charge in [-0.15, -0.1) is 0 Å². The highest BCUT2D eigenvalue weighted by Gasteiger charge is 2.37. The van der Waals surface area contributed by atoms with Crippen molar-refractivity contribution < 1.29 is 9.59 Å². The second-order valence-corrected chi connectivity index (χ2v) is 9.06. The molecule has 0 saturated carbocycles. The van der Waals surface area contributed by atoms with Gasteiger partial charge in [-0.1, -0.05) is 52.7 Å². The van der Waals surface area contributed by atoms with Gasteiger partial charge in [0.15, 0.2) is 5.16 Å². The van der Waals surface area contributed by atoms with E-state index in [1.807, 2.05) is 22.8 Å². The number of fused-ring (bicyclic) bond motifs is 2. The summed E-state index contributed by atoms with van der Waals surface area (Å²) in [4.78, 5) is 36.1. The van der Waals surface area contributed by atoms with Crippen LogP contribution in [-0.4, -0.2) is 46.6 Å². The first-order chi connectivity index (χ1) is 17.0. The predicted molar refractivity (Wildman–Crippen MR) is 130 cm³/mol. The minimum absolute atomic E-state index is 0.281. The van der Waals surface area contributed by atoms with E-state index in [4.69, 9.17) is 16.6 Å². The van der Waals surface area contributed by atoms with Gasteiger partial charge in [0, 0.05) is 12.8 Å². The summed E-state index contributed by atoms with van der Waals surface area (Å²) < 4.78 is 3.38. The van der Waals surface area contributed by atoms with Crippen LogP contribution in [0.25, 0.3) is 17.0 Å². The number of hydrogen-bond acceptors (Lipinski definition) is 8. The van der Waals surface area contributed by atoms with Crippen LogP contribution in [0.5, 0.6) is 0 Å². The number of amides is 2. The van der Waals surface area contributed by atoms with Crippen molar-refractivity contribution in [1.29, 1.82) is 0 Å². The van der Waals surface area contributed by atoms with E-state index in [-0.39, 0.29) is 17.6 Å². The van der Waals surface area contributed by atoms with Crippen LogP contribution in [0.15, 0.2) is 65.8 Å². The molecule has 0 aliphatic carbocycles. The highest BCUT2D eigenvalue weighted by Crippen LogP contribution is 2.33. The number of nitrogens with zero attached hydrogens (tertiary/aromatic N) is 8. The monoisotopic (exact) mass is 502 g/mol. The molecule has 5 aromatic rings. The highest BCUT2D eigenvalue weighted by atomic mass is 35.5. The number of aromatic nitrogens is 7. The highest BCUT2D eigenvalue weighted by molar-refractivity contribution is 7.98. The molecule has 0 N–H and O–H groups in total. The second-order valence-electron chi connectivity index (χ2n) is 7.71. The van der Waals surface area contributed by atoms with E-state index in [2.05, 4.69) is 20.5 Å². The topological polar surface area (TPSA) is 112 Å². The zero-order valence-corrected chi connectivity index (χ0v) is 19.7. The van der Waals surface area contributed by atoms with Gasteiger partial charge in [-0.05, 0) is 46.8 Å². The third kappa shape index (κ3) is 3.47. The van der Waals surface area contributed by atoms with Gasteiger partial charge in [0.2, 0.25) is 0 Å². The Labute approximate surface area is 207 Å². The number of pyridine rings is 1. The Balaban J connectivity index is 1.33. The molecule has 35 heavy (non-hydrogen) atoms. The van der Waals surface area contributed by atoms with Crippen molar-refractivity contribution in [2.45, 2.75) is 10.9 Å². The van der Waals surface area contributed by atoms with Gasteiger partial charge in [0.1, 0.15) is 11.3 Å². The Kier molecular flexibility index (Phi) is 5.08. The van der Waals surface area contributed by atoms with Crippen molar-refractivity contribution in [1.82, 2.24) is 34.7 Å². The number of rotatable bonds is 5. The van der Waals surface area contributed by atoms with Crippen LogP contribution in [0.1, 0.15) is 26.4 Å². The van der Waals surface area contributed by atoms with Crippen molar-refractivity contribution >= 4 is 52.0 Å². The molecule has 0 radical (unpaired) electrons. The summed E-state index contributed by atoms with van der Waals surface area (Å²) in [5.41, 5.74) is 2.83. The number of carbonyl (C=O) groups excluding carboxylic acids is 2. The molecule has 6 rings (SSSR count). The van der Waals surface area contributed by atoms with Gasteiger partial charge < -0.3 is 0 Å². The number of benzene rings is 2. The zero-order valence-electron chi connectivity index (χ0n) is 18.2. The Bertz CT molecular complexity index is 1610. The van der Waals surface area contributed by atoms with Gasteiger partial charge in [0.25, 0.3) is 17.8 Å². The van der Waals surface area contributed by atoms with Gasteiger partial charge in [0.05, 0.1) is 27.4 Å². The SMILES string of the molecule is Cn1nnnc1-n1c(SCc2cccc(N3C(=O)c4ccccc4C3=O)n2)nc2c(Cl)cccc21. The normalized spacial score (nSPS) is 13.1. The number of halogens is 1. The largest absolute Gasteiger partial charge is 0.268 e. The van der Waals surface area contributed by atoms with E-state index in [1.54, 1.807) is 54.2 Å². The van der Waals surface area contributed by atoms with E-state index in [1.165, 1.54) is 11.8 Å². The van der Waals surface area contributed by atoms with Gasteiger partial charge in [-0.2, -0.15) is 0 Å². The summed E-state index contributed by atoms with van der Waals surface area (Å²) in [6, 6.07) is 17.5. The molecule has 4 heterocycles. The Morgan fingerprint density at radius 3 is 2.37 bits per heavy atom. The van der Waals surface area contributed by atoms with Gasteiger partial charge in [-0.25, -0.2) is 19.5 Å². The molecule has 2 aromatic carbocycles. The molecule has 0 atom stereocenters. The maximum absolute atomic E-state index is 12.9. The number of imidazole rings is 1. The second kappa shape index (κ2) is 8.29. The summed E-state index contributed by atoms with van der Waals surface area (Å²) in [6.45, 7) is 0. The molecule has 1 aliphatic heterocycles. The number of thioether (sulfide) groups is 1. The minimum atomic E-state index is -0.380. The fraction of sp³-hybridized carbons (Fsp3) is 0.0870. The van der Waals surface area contributed by atoms with E-state index >= 15 is 0 Å². The Hall–Kier alpha value is -4.09.